The summed E-state index contributed by atoms with van der Waals surface area (Å²) >= 11 is 7.79. The van der Waals surface area contributed by atoms with Crippen LogP contribution in [0.3, 0.4) is 0 Å². The van der Waals surface area contributed by atoms with E-state index in [-0.39, 0.29) is 24.4 Å². The molecule has 0 aliphatic carbocycles. The highest BCUT2D eigenvalue weighted by Crippen LogP contribution is 2.29. The molecule has 1 aromatic carbocycles. The molecule has 1 amide bonds. The first kappa shape index (κ1) is 20.1. The van der Waals surface area contributed by atoms with Gasteiger partial charge in [-0.1, -0.05) is 29.8 Å². The normalized spacial score (nSPS) is 14.9. The molecule has 27 heavy (non-hydrogen) atoms. The van der Waals surface area contributed by atoms with E-state index < -0.39 is 0 Å². The molecule has 0 saturated carbocycles. The number of thiophene rings is 1. The highest BCUT2D eigenvalue weighted by Gasteiger charge is 2.20. The summed E-state index contributed by atoms with van der Waals surface area (Å²) < 4.78 is 1.94. The van der Waals surface area contributed by atoms with Gasteiger partial charge >= 0.3 is 0 Å². The van der Waals surface area contributed by atoms with E-state index in [0.29, 0.717) is 6.54 Å². The molecule has 0 spiro atoms. The van der Waals surface area contributed by atoms with E-state index in [9.17, 15) is 4.79 Å². The van der Waals surface area contributed by atoms with Crippen LogP contribution in [0.25, 0.3) is 10.2 Å². The molecule has 2 aromatic heterocycles. The Kier molecular flexibility index (Phi) is 6.42. The molecule has 8 heteroatoms. The van der Waals surface area contributed by atoms with Crippen molar-refractivity contribution in [3.63, 3.8) is 0 Å². The lowest BCUT2D eigenvalue weighted by molar-refractivity contribution is 0.0934. The Bertz CT molecular complexity index is 946. The van der Waals surface area contributed by atoms with E-state index in [0.717, 1.165) is 57.3 Å². The molecule has 0 radical (unpaired) electrons. The number of carbonyl (C=O) groups excluding carboxylic acids is 1. The van der Waals surface area contributed by atoms with Gasteiger partial charge in [-0.25, -0.2) is 0 Å². The number of benzene rings is 1. The average Bonchev–Trinajstić information content (AvgIpc) is 3.20. The predicted octanol–water partition coefficient (Wildman–Crippen LogP) is 4.01. The first-order valence-corrected chi connectivity index (χ1v) is 10.0. The lowest BCUT2D eigenvalue weighted by Crippen LogP contribution is -2.42. The maximum Gasteiger partial charge on any atom is 0.261 e. The van der Waals surface area contributed by atoms with Crippen LogP contribution in [0.5, 0.6) is 0 Å². The molecule has 1 aliphatic heterocycles. The van der Waals surface area contributed by atoms with Gasteiger partial charge in [0.25, 0.3) is 5.91 Å². The van der Waals surface area contributed by atoms with Crippen molar-refractivity contribution in [2.75, 3.05) is 13.1 Å². The highest BCUT2D eigenvalue weighted by atomic mass is 35.5. The number of amides is 1. The molecule has 1 saturated heterocycles. The van der Waals surface area contributed by atoms with Crippen LogP contribution in [0.2, 0.25) is 5.02 Å². The molecule has 0 unspecified atom stereocenters. The number of aromatic nitrogens is 2. The van der Waals surface area contributed by atoms with Gasteiger partial charge in [0.2, 0.25) is 0 Å². The number of halogens is 2. The summed E-state index contributed by atoms with van der Waals surface area (Å²) in [7, 11) is 0. The number of nitrogens with zero attached hydrogens (tertiary/aromatic N) is 2. The van der Waals surface area contributed by atoms with Crippen molar-refractivity contribution in [3.05, 3.63) is 51.5 Å². The first-order chi connectivity index (χ1) is 12.6. The van der Waals surface area contributed by atoms with Crippen LogP contribution in [0, 0.1) is 6.92 Å². The quantitative estimate of drug-likeness (QED) is 0.664. The molecular weight excluding hydrogens is 403 g/mol. The van der Waals surface area contributed by atoms with Gasteiger partial charge in [-0.3, -0.25) is 9.48 Å². The fourth-order valence-corrected chi connectivity index (χ4v) is 4.60. The zero-order valence-electron chi connectivity index (χ0n) is 15.0. The van der Waals surface area contributed by atoms with Crippen molar-refractivity contribution in [1.29, 1.82) is 0 Å². The lowest BCUT2D eigenvalue weighted by Gasteiger charge is -2.23. The molecule has 3 heterocycles. The van der Waals surface area contributed by atoms with Crippen LogP contribution >= 0.6 is 35.3 Å². The van der Waals surface area contributed by atoms with Crippen molar-refractivity contribution in [3.8, 4) is 0 Å². The smallest absolute Gasteiger partial charge is 0.261 e. The zero-order chi connectivity index (χ0) is 18.1. The van der Waals surface area contributed by atoms with E-state index in [2.05, 4.69) is 15.7 Å². The monoisotopic (exact) mass is 424 g/mol. The van der Waals surface area contributed by atoms with Crippen molar-refractivity contribution >= 4 is 51.5 Å². The third-order valence-corrected chi connectivity index (χ3v) is 6.30. The average molecular weight is 425 g/mol. The number of hydrogen-bond donors (Lipinski definition) is 2. The molecule has 0 bridgehead atoms. The number of fused-ring (bicyclic) bond motifs is 1. The van der Waals surface area contributed by atoms with Crippen LogP contribution in [0.4, 0.5) is 0 Å². The second-order valence-corrected chi connectivity index (χ2v) is 8.10. The summed E-state index contributed by atoms with van der Waals surface area (Å²) in [6.45, 7) is 4.50. The van der Waals surface area contributed by atoms with E-state index in [4.69, 9.17) is 11.6 Å². The standard InChI is InChI=1S/C19H21ClN4OS.ClH/c1-12-15-10-17(18(25)22-14-6-8-21-9-7-14)26-19(15)24(23-12)11-13-4-2-3-5-16(13)20;/h2-5,10,14,21H,6-9,11H2,1H3,(H,22,25);1H. The predicted molar refractivity (Wildman–Crippen MR) is 114 cm³/mol. The van der Waals surface area contributed by atoms with Crippen molar-refractivity contribution in [2.24, 2.45) is 0 Å². The van der Waals surface area contributed by atoms with E-state index in [1.807, 2.05) is 41.9 Å². The Hall–Kier alpha value is -1.60. The van der Waals surface area contributed by atoms with Crippen molar-refractivity contribution < 1.29 is 4.79 Å². The van der Waals surface area contributed by atoms with Gasteiger partial charge in [0, 0.05) is 16.5 Å². The lowest BCUT2D eigenvalue weighted by atomic mass is 10.1. The molecule has 1 aliphatic rings. The van der Waals surface area contributed by atoms with Gasteiger partial charge in [0.05, 0.1) is 17.1 Å². The van der Waals surface area contributed by atoms with Gasteiger partial charge in [-0.05, 0) is 50.6 Å². The van der Waals surface area contributed by atoms with Gasteiger partial charge in [0.15, 0.2) is 0 Å². The number of nitrogens with one attached hydrogen (secondary N) is 2. The summed E-state index contributed by atoms with van der Waals surface area (Å²) in [6, 6.07) is 10.0. The van der Waals surface area contributed by atoms with Gasteiger partial charge in [-0.2, -0.15) is 5.10 Å². The molecule has 1 fully saturated rings. The largest absolute Gasteiger partial charge is 0.349 e. The summed E-state index contributed by atoms with van der Waals surface area (Å²) in [5.74, 6) is 0.0155. The summed E-state index contributed by atoms with van der Waals surface area (Å²) in [5, 5.41) is 12.9. The van der Waals surface area contributed by atoms with Crippen LogP contribution in [0.1, 0.15) is 33.8 Å². The molecule has 5 nitrogen and oxygen atoms in total. The molecule has 0 atom stereocenters. The number of carbonyl (C=O) groups is 1. The molecule has 144 valence electrons. The topological polar surface area (TPSA) is 59.0 Å². The minimum atomic E-state index is 0. The van der Waals surface area contributed by atoms with Crippen LogP contribution in [-0.2, 0) is 6.54 Å². The summed E-state index contributed by atoms with van der Waals surface area (Å²) in [6.07, 6.45) is 1.96. The van der Waals surface area contributed by atoms with E-state index in [1.54, 1.807) is 0 Å². The zero-order valence-corrected chi connectivity index (χ0v) is 17.4. The van der Waals surface area contributed by atoms with Gasteiger partial charge in [0.1, 0.15) is 4.83 Å². The van der Waals surface area contributed by atoms with E-state index >= 15 is 0 Å². The van der Waals surface area contributed by atoms with Gasteiger partial charge < -0.3 is 10.6 Å². The minimum absolute atomic E-state index is 0. The molecule has 3 aromatic rings. The van der Waals surface area contributed by atoms with Crippen molar-refractivity contribution in [2.45, 2.75) is 32.4 Å². The number of aryl methyl sites for hydroxylation is 1. The van der Waals surface area contributed by atoms with E-state index in [1.165, 1.54) is 11.3 Å². The fourth-order valence-electron chi connectivity index (χ4n) is 3.34. The second kappa shape index (κ2) is 8.61. The van der Waals surface area contributed by atoms with Crippen LogP contribution < -0.4 is 10.6 Å². The minimum Gasteiger partial charge on any atom is -0.349 e. The Morgan fingerprint density at radius 2 is 2.11 bits per heavy atom. The maximum atomic E-state index is 12.6. The Morgan fingerprint density at radius 3 is 2.85 bits per heavy atom. The van der Waals surface area contributed by atoms with Crippen LogP contribution in [-0.4, -0.2) is 34.8 Å². The summed E-state index contributed by atoms with van der Waals surface area (Å²) in [5.41, 5.74) is 1.96. The number of rotatable bonds is 4. The third-order valence-electron chi connectivity index (χ3n) is 4.78. The molecule has 2 N–H and O–H groups in total. The third kappa shape index (κ3) is 4.29. The highest BCUT2D eigenvalue weighted by molar-refractivity contribution is 7.20. The second-order valence-electron chi connectivity index (χ2n) is 6.66. The number of piperidine rings is 1. The van der Waals surface area contributed by atoms with Crippen LogP contribution in [0.15, 0.2) is 30.3 Å². The van der Waals surface area contributed by atoms with Gasteiger partial charge in [-0.15, -0.1) is 23.7 Å². The SMILES string of the molecule is Cc1nn(Cc2ccccc2Cl)c2sc(C(=O)NC3CCNCC3)cc12.Cl. The molecular formula is C19H22Cl2N4OS. The molecule has 4 rings (SSSR count). The maximum absolute atomic E-state index is 12.6. The first-order valence-electron chi connectivity index (χ1n) is 8.84. The van der Waals surface area contributed by atoms with Crippen molar-refractivity contribution in [1.82, 2.24) is 20.4 Å². The Labute approximate surface area is 173 Å². The Morgan fingerprint density at radius 1 is 1.37 bits per heavy atom. The number of hydrogen-bond acceptors (Lipinski definition) is 4. The Balaban J connectivity index is 0.00000210. The fraction of sp³-hybridized carbons (Fsp3) is 0.368. The summed E-state index contributed by atoms with van der Waals surface area (Å²) in [4.78, 5) is 14.4.